The van der Waals surface area contributed by atoms with Crippen molar-refractivity contribution in [3.05, 3.63) is 66.2 Å². The van der Waals surface area contributed by atoms with Gasteiger partial charge in [-0.15, -0.1) is 0 Å². The molecule has 0 aliphatic rings. The molecule has 0 bridgehead atoms. The highest BCUT2D eigenvalue weighted by Crippen LogP contribution is 2.55. The van der Waals surface area contributed by atoms with E-state index in [1.54, 1.807) is 6.07 Å². The van der Waals surface area contributed by atoms with Gasteiger partial charge in [0.15, 0.2) is 6.10 Å². The summed E-state index contributed by atoms with van der Waals surface area (Å²) < 4.78 is 88.4. The van der Waals surface area contributed by atoms with Crippen LogP contribution in [0.5, 0.6) is 5.75 Å². The van der Waals surface area contributed by atoms with Crippen molar-refractivity contribution in [1.29, 1.82) is 0 Å². The van der Waals surface area contributed by atoms with Crippen LogP contribution in [0.4, 0.5) is 22.0 Å². The molecular weight excluding hydrogens is 366 g/mol. The number of hydrogen-bond donors (Lipinski definition) is 0. The summed E-state index contributed by atoms with van der Waals surface area (Å²) in [4.78, 5) is 0. The van der Waals surface area contributed by atoms with Crippen LogP contribution in [0.3, 0.4) is 0 Å². The lowest BCUT2D eigenvalue weighted by Gasteiger charge is -2.30. The minimum atomic E-state index is -5.89. The third-order valence-corrected chi connectivity index (χ3v) is 4.26. The van der Waals surface area contributed by atoms with E-state index < -0.39 is 31.4 Å². The Hall–Kier alpha value is -1.92. The normalized spacial score (nSPS) is 16.1. The van der Waals surface area contributed by atoms with E-state index >= 15 is 0 Å². The van der Waals surface area contributed by atoms with Gasteiger partial charge in [-0.3, -0.25) is 4.52 Å². The zero-order valence-electron chi connectivity index (χ0n) is 12.9. The van der Waals surface area contributed by atoms with Gasteiger partial charge in [0.05, 0.1) is 0 Å². The van der Waals surface area contributed by atoms with E-state index in [4.69, 9.17) is 4.52 Å². The quantitative estimate of drug-likeness (QED) is 0.466. The van der Waals surface area contributed by atoms with Crippen LogP contribution < -0.4 is 4.52 Å². The summed E-state index contributed by atoms with van der Waals surface area (Å²) in [6.07, 6.45) is -8.70. The highest BCUT2D eigenvalue weighted by Gasteiger charge is 2.64. The highest BCUT2D eigenvalue weighted by molar-refractivity contribution is 7.53. The Kier molecular flexibility index (Phi) is 5.54. The van der Waals surface area contributed by atoms with Crippen molar-refractivity contribution in [2.45, 2.75) is 18.2 Å². The summed E-state index contributed by atoms with van der Waals surface area (Å²) in [6.45, 7) is 0.836. The summed E-state index contributed by atoms with van der Waals surface area (Å²) in [5, 5.41) is 0. The molecule has 0 heterocycles. The molecular formula is C16H14F5O3P. The van der Waals surface area contributed by atoms with E-state index in [1.807, 2.05) is 0 Å². The fourth-order valence-corrected chi connectivity index (χ4v) is 3.18. The molecule has 0 amide bonds. The van der Waals surface area contributed by atoms with Crippen LogP contribution >= 0.6 is 7.60 Å². The van der Waals surface area contributed by atoms with Gasteiger partial charge in [-0.25, -0.2) is 4.57 Å². The molecule has 0 saturated carbocycles. The topological polar surface area (TPSA) is 35.5 Å². The molecule has 9 heteroatoms. The minimum Gasteiger partial charge on any atom is -0.425 e. The van der Waals surface area contributed by atoms with Crippen molar-refractivity contribution in [2.24, 2.45) is 0 Å². The van der Waals surface area contributed by atoms with E-state index in [0.717, 1.165) is 18.8 Å². The molecule has 0 spiro atoms. The van der Waals surface area contributed by atoms with Gasteiger partial charge in [-0.2, -0.15) is 22.0 Å². The van der Waals surface area contributed by atoms with Gasteiger partial charge >= 0.3 is 19.7 Å². The number of alkyl halides is 5. The smallest absolute Gasteiger partial charge is 0.425 e. The Balaban J connectivity index is 2.35. The molecule has 0 N–H and O–H groups in total. The zero-order valence-corrected chi connectivity index (χ0v) is 13.8. The average molecular weight is 380 g/mol. The SMILES string of the molecule is C[P@](=O)(Oc1ccccc1)O[C@@H](c1ccccc1)C(F)(F)C(F)(F)F. The van der Waals surface area contributed by atoms with Crippen LogP contribution in [-0.2, 0) is 9.09 Å². The molecule has 2 atom stereocenters. The molecule has 0 saturated heterocycles. The van der Waals surface area contributed by atoms with Gasteiger partial charge in [0.2, 0.25) is 0 Å². The van der Waals surface area contributed by atoms with E-state index in [0.29, 0.717) is 0 Å². The first-order valence-corrected chi connectivity index (χ1v) is 9.02. The van der Waals surface area contributed by atoms with Crippen molar-refractivity contribution in [3.8, 4) is 5.75 Å². The number of hydrogen-bond acceptors (Lipinski definition) is 3. The second-order valence-electron chi connectivity index (χ2n) is 5.19. The maximum Gasteiger partial charge on any atom is 0.456 e. The second-order valence-corrected chi connectivity index (χ2v) is 7.13. The molecule has 0 unspecified atom stereocenters. The monoisotopic (exact) mass is 380 g/mol. The average Bonchev–Trinajstić information content (AvgIpc) is 2.53. The lowest BCUT2D eigenvalue weighted by Crippen LogP contribution is -2.43. The van der Waals surface area contributed by atoms with E-state index in [1.165, 1.54) is 42.5 Å². The molecule has 0 aliphatic heterocycles. The molecule has 2 aromatic rings. The molecule has 2 rings (SSSR count). The Bertz CT molecular complexity index is 734. The molecule has 0 aromatic heterocycles. The molecule has 0 radical (unpaired) electrons. The number of rotatable bonds is 6. The van der Waals surface area contributed by atoms with Crippen molar-refractivity contribution in [3.63, 3.8) is 0 Å². The van der Waals surface area contributed by atoms with Crippen molar-refractivity contribution in [1.82, 2.24) is 0 Å². The molecule has 136 valence electrons. The van der Waals surface area contributed by atoms with Gasteiger partial charge < -0.3 is 4.52 Å². The molecule has 25 heavy (non-hydrogen) atoms. The first-order valence-electron chi connectivity index (χ1n) is 7.03. The molecule has 0 aliphatic carbocycles. The van der Waals surface area contributed by atoms with Crippen LogP contribution in [0.15, 0.2) is 60.7 Å². The van der Waals surface area contributed by atoms with Crippen molar-refractivity contribution in [2.75, 3.05) is 6.66 Å². The summed E-state index contributed by atoms with van der Waals surface area (Å²) in [6, 6.07) is 13.5. The first-order chi connectivity index (χ1) is 11.5. The summed E-state index contributed by atoms with van der Waals surface area (Å²) in [7, 11) is -4.28. The van der Waals surface area contributed by atoms with Gasteiger partial charge in [0.1, 0.15) is 5.75 Å². The van der Waals surface area contributed by atoms with Gasteiger partial charge in [0, 0.05) is 6.66 Å². The van der Waals surface area contributed by atoms with Gasteiger partial charge in [0.25, 0.3) is 0 Å². The van der Waals surface area contributed by atoms with E-state index in [2.05, 4.69) is 4.52 Å². The third kappa shape index (κ3) is 4.80. The van der Waals surface area contributed by atoms with E-state index in [-0.39, 0.29) is 5.75 Å². The van der Waals surface area contributed by atoms with Crippen LogP contribution in [0.2, 0.25) is 0 Å². The number of para-hydroxylation sites is 1. The Morgan fingerprint density at radius 2 is 1.36 bits per heavy atom. The third-order valence-electron chi connectivity index (χ3n) is 3.12. The summed E-state index contributed by atoms with van der Waals surface area (Å²) >= 11 is 0. The maximum absolute atomic E-state index is 13.9. The fraction of sp³-hybridized carbons (Fsp3) is 0.250. The molecule has 3 nitrogen and oxygen atoms in total. The minimum absolute atomic E-state index is 0.0236. The number of halogens is 5. The van der Waals surface area contributed by atoms with Crippen molar-refractivity contribution < 1.29 is 35.6 Å². The maximum atomic E-state index is 13.9. The Morgan fingerprint density at radius 1 is 0.880 bits per heavy atom. The van der Waals surface area contributed by atoms with Gasteiger partial charge in [-0.05, 0) is 17.7 Å². The number of benzene rings is 2. The first kappa shape index (κ1) is 19.4. The largest absolute Gasteiger partial charge is 0.456 e. The highest BCUT2D eigenvalue weighted by atomic mass is 31.2. The summed E-state index contributed by atoms with van der Waals surface area (Å²) in [5.74, 6) is -5.24. The van der Waals surface area contributed by atoms with Crippen LogP contribution in [-0.4, -0.2) is 18.8 Å². The zero-order chi connectivity index (χ0) is 18.7. The second kappa shape index (κ2) is 7.14. The van der Waals surface area contributed by atoms with E-state index in [9.17, 15) is 26.5 Å². The Morgan fingerprint density at radius 3 is 1.84 bits per heavy atom. The lowest BCUT2D eigenvalue weighted by atomic mass is 10.0. The fourth-order valence-electron chi connectivity index (χ4n) is 2.00. The lowest BCUT2D eigenvalue weighted by molar-refractivity contribution is -0.311. The van der Waals surface area contributed by atoms with Crippen molar-refractivity contribution >= 4 is 7.60 Å². The molecule has 2 aromatic carbocycles. The van der Waals surface area contributed by atoms with Crippen LogP contribution in [0.25, 0.3) is 0 Å². The van der Waals surface area contributed by atoms with Gasteiger partial charge in [-0.1, -0.05) is 48.5 Å². The van der Waals surface area contributed by atoms with Crippen LogP contribution in [0, 0.1) is 0 Å². The predicted octanol–water partition coefficient (Wildman–Crippen LogP) is 5.84. The standard InChI is InChI=1S/C16H14F5O3P/c1-25(22,23-13-10-6-3-7-11-13)24-14(12-8-4-2-5-9-12)15(17,18)16(19,20)21/h2-11,14H,1H3/t14-,25-/m0/s1. The predicted molar refractivity (Wildman–Crippen MR) is 81.9 cm³/mol. The molecule has 0 fully saturated rings. The van der Waals surface area contributed by atoms with Crippen LogP contribution in [0.1, 0.15) is 11.7 Å². The Labute approximate surface area is 140 Å². The summed E-state index contributed by atoms with van der Waals surface area (Å²) in [5.41, 5.74) is -0.469.